The zero-order valence-electron chi connectivity index (χ0n) is 5.79. The number of aromatic amines is 1. The molecule has 0 fully saturated rings. The average molecular weight is 139 g/mol. The van der Waals surface area contributed by atoms with Crippen molar-refractivity contribution in [2.24, 2.45) is 0 Å². The molecule has 0 aliphatic heterocycles. The normalized spacial score (nSPS) is 9.70. The van der Waals surface area contributed by atoms with Crippen LogP contribution in [0.1, 0.15) is 19.2 Å². The molecule has 1 rings (SSSR count). The molecule has 0 aliphatic carbocycles. The molecule has 54 valence electrons. The quantitative estimate of drug-likeness (QED) is 0.656. The Morgan fingerprint density at radius 2 is 2.60 bits per heavy atom. The lowest BCUT2D eigenvalue weighted by atomic mass is 10.2. The molecule has 10 heavy (non-hydrogen) atoms. The van der Waals surface area contributed by atoms with Gasteiger partial charge < -0.3 is 4.79 Å². The second-order valence-electron chi connectivity index (χ2n) is 2.13. The molecule has 0 saturated carbocycles. The van der Waals surface area contributed by atoms with Gasteiger partial charge >= 0.3 is 0 Å². The van der Waals surface area contributed by atoms with Crippen molar-refractivity contribution < 1.29 is 4.79 Å². The summed E-state index contributed by atoms with van der Waals surface area (Å²) in [6.07, 6.45) is 2.64. The molecule has 4 heteroatoms. The van der Waals surface area contributed by atoms with Crippen molar-refractivity contribution in [1.82, 2.24) is 15.2 Å². The first-order chi connectivity index (χ1) is 4.79. The number of carbonyl (C=O) groups excluding carboxylic acids is 1. The summed E-state index contributed by atoms with van der Waals surface area (Å²) < 4.78 is 0. The maximum absolute atomic E-state index is 10.5. The number of ketones is 1. The van der Waals surface area contributed by atoms with Gasteiger partial charge in [0.1, 0.15) is 17.9 Å². The van der Waals surface area contributed by atoms with E-state index in [1.165, 1.54) is 6.33 Å². The molecule has 1 N–H and O–H groups in total. The fraction of sp³-hybridized carbons (Fsp3) is 0.500. The van der Waals surface area contributed by atoms with Gasteiger partial charge in [0, 0.05) is 12.8 Å². The molecule has 4 nitrogen and oxygen atoms in total. The summed E-state index contributed by atoms with van der Waals surface area (Å²) in [6.45, 7) is 1.57. The standard InChI is InChI=1S/C6H9N3O/c1-5(10)2-3-6-7-4-8-9-6/h4H,2-3H2,1H3,(H,7,8,9). The first-order valence-electron chi connectivity index (χ1n) is 3.12. The Kier molecular flexibility index (Phi) is 2.15. The molecule has 0 radical (unpaired) electrons. The zero-order valence-corrected chi connectivity index (χ0v) is 5.79. The van der Waals surface area contributed by atoms with E-state index >= 15 is 0 Å². The third-order valence-electron chi connectivity index (χ3n) is 1.18. The summed E-state index contributed by atoms with van der Waals surface area (Å²) in [4.78, 5) is 14.3. The Hall–Kier alpha value is -1.19. The lowest BCUT2D eigenvalue weighted by Crippen LogP contribution is -1.95. The van der Waals surface area contributed by atoms with Gasteiger partial charge in [0.25, 0.3) is 0 Å². The first kappa shape index (κ1) is 6.92. The fourth-order valence-corrected chi connectivity index (χ4v) is 0.646. The van der Waals surface area contributed by atoms with Crippen molar-refractivity contribution >= 4 is 5.78 Å². The Balaban J connectivity index is 2.35. The van der Waals surface area contributed by atoms with Gasteiger partial charge in [-0.1, -0.05) is 0 Å². The monoisotopic (exact) mass is 139 g/mol. The molecular formula is C6H9N3O. The third kappa shape index (κ3) is 1.97. The molecule has 0 atom stereocenters. The van der Waals surface area contributed by atoms with Gasteiger partial charge in [-0.2, -0.15) is 5.10 Å². The second-order valence-corrected chi connectivity index (χ2v) is 2.13. The van der Waals surface area contributed by atoms with Crippen molar-refractivity contribution in [2.75, 3.05) is 0 Å². The maximum atomic E-state index is 10.5. The Labute approximate surface area is 58.7 Å². The molecule has 0 amide bonds. The lowest BCUT2D eigenvalue weighted by molar-refractivity contribution is -0.117. The van der Waals surface area contributed by atoms with E-state index in [4.69, 9.17) is 0 Å². The zero-order chi connectivity index (χ0) is 7.40. The SMILES string of the molecule is CC(=O)CCc1ncn[nH]1. The van der Waals surface area contributed by atoms with Crippen LogP contribution in [-0.4, -0.2) is 21.0 Å². The summed E-state index contributed by atoms with van der Waals surface area (Å²) >= 11 is 0. The molecule has 0 bridgehead atoms. The summed E-state index contributed by atoms with van der Waals surface area (Å²) in [7, 11) is 0. The second kappa shape index (κ2) is 3.10. The van der Waals surface area contributed by atoms with Crippen LogP contribution in [0.15, 0.2) is 6.33 Å². The van der Waals surface area contributed by atoms with Crippen molar-refractivity contribution in [2.45, 2.75) is 19.8 Å². The predicted octanol–water partition coefficient (Wildman–Crippen LogP) is 0.326. The van der Waals surface area contributed by atoms with E-state index in [2.05, 4.69) is 15.2 Å². The summed E-state index contributed by atoms with van der Waals surface area (Å²) in [6, 6.07) is 0. The Bertz CT molecular complexity index is 205. The van der Waals surface area contributed by atoms with Crippen LogP contribution in [0.3, 0.4) is 0 Å². The molecule has 0 saturated heterocycles. The van der Waals surface area contributed by atoms with Crippen molar-refractivity contribution in [3.63, 3.8) is 0 Å². The van der Waals surface area contributed by atoms with Crippen molar-refractivity contribution in [3.05, 3.63) is 12.2 Å². The van der Waals surface area contributed by atoms with Crippen LogP contribution in [-0.2, 0) is 11.2 Å². The number of aryl methyl sites for hydroxylation is 1. The van der Waals surface area contributed by atoms with E-state index < -0.39 is 0 Å². The predicted molar refractivity (Wildman–Crippen MR) is 35.4 cm³/mol. The highest BCUT2D eigenvalue weighted by molar-refractivity contribution is 5.75. The van der Waals surface area contributed by atoms with Crippen LogP contribution in [0.2, 0.25) is 0 Å². The summed E-state index contributed by atoms with van der Waals surface area (Å²) in [5, 5.41) is 6.33. The first-order valence-corrected chi connectivity index (χ1v) is 3.12. The van der Waals surface area contributed by atoms with Gasteiger partial charge in [-0.15, -0.1) is 0 Å². The number of hydrogen-bond donors (Lipinski definition) is 1. The van der Waals surface area contributed by atoms with E-state index in [9.17, 15) is 4.79 Å². The number of aromatic nitrogens is 3. The van der Waals surface area contributed by atoms with Crippen molar-refractivity contribution in [1.29, 1.82) is 0 Å². The van der Waals surface area contributed by atoms with E-state index in [0.29, 0.717) is 12.8 Å². The highest BCUT2D eigenvalue weighted by atomic mass is 16.1. The number of nitrogens with zero attached hydrogens (tertiary/aromatic N) is 2. The van der Waals surface area contributed by atoms with Gasteiger partial charge in [-0.25, -0.2) is 4.98 Å². The minimum Gasteiger partial charge on any atom is -0.300 e. The number of hydrogen-bond acceptors (Lipinski definition) is 3. The van der Waals surface area contributed by atoms with Gasteiger partial charge in [0.2, 0.25) is 0 Å². The van der Waals surface area contributed by atoms with Gasteiger partial charge in [0.05, 0.1) is 0 Å². The molecule has 0 spiro atoms. The largest absolute Gasteiger partial charge is 0.300 e. The number of Topliss-reactive ketones (excluding diaryl/α,β-unsaturated/α-hetero) is 1. The van der Waals surface area contributed by atoms with E-state index in [1.54, 1.807) is 6.92 Å². The van der Waals surface area contributed by atoms with Gasteiger partial charge in [-0.05, 0) is 6.92 Å². The van der Waals surface area contributed by atoms with E-state index in [0.717, 1.165) is 5.82 Å². The number of carbonyl (C=O) groups is 1. The fourth-order valence-electron chi connectivity index (χ4n) is 0.646. The molecule has 1 aromatic heterocycles. The van der Waals surface area contributed by atoms with Crippen molar-refractivity contribution in [3.8, 4) is 0 Å². The van der Waals surface area contributed by atoms with Crippen LogP contribution in [0.5, 0.6) is 0 Å². The number of H-pyrrole nitrogens is 1. The lowest BCUT2D eigenvalue weighted by Gasteiger charge is -1.89. The molecule has 0 aliphatic rings. The topological polar surface area (TPSA) is 58.6 Å². The summed E-state index contributed by atoms with van der Waals surface area (Å²) in [5.74, 6) is 0.951. The Morgan fingerprint density at radius 3 is 3.10 bits per heavy atom. The molecule has 1 aromatic rings. The number of nitrogens with one attached hydrogen (secondary N) is 1. The van der Waals surface area contributed by atoms with Crippen LogP contribution in [0, 0.1) is 0 Å². The highest BCUT2D eigenvalue weighted by Gasteiger charge is 1.97. The van der Waals surface area contributed by atoms with E-state index in [-0.39, 0.29) is 5.78 Å². The highest BCUT2D eigenvalue weighted by Crippen LogP contribution is 1.92. The maximum Gasteiger partial charge on any atom is 0.137 e. The van der Waals surface area contributed by atoms with Crippen LogP contribution < -0.4 is 0 Å². The summed E-state index contributed by atoms with van der Waals surface area (Å²) in [5.41, 5.74) is 0. The Morgan fingerprint density at radius 1 is 1.80 bits per heavy atom. The minimum absolute atomic E-state index is 0.177. The molecule has 0 aromatic carbocycles. The third-order valence-corrected chi connectivity index (χ3v) is 1.18. The minimum atomic E-state index is 0.177. The van der Waals surface area contributed by atoms with Gasteiger partial charge in [0.15, 0.2) is 0 Å². The van der Waals surface area contributed by atoms with Crippen LogP contribution in [0.4, 0.5) is 0 Å². The smallest absolute Gasteiger partial charge is 0.137 e. The number of rotatable bonds is 3. The van der Waals surface area contributed by atoms with Crippen LogP contribution in [0.25, 0.3) is 0 Å². The van der Waals surface area contributed by atoms with E-state index in [1.807, 2.05) is 0 Å². The van der Waals surface area contributed by atoms with Gasteiger partial charge in [-0.3, -0.25) is 5.10 Å². The molecule has 1 heterocycles. The van der Waals surface area contributed by atoms with Crippen LogP contribution >= 0.6 is 0 Å². The average Bonchev–Trinajstić information content (AvgIpc) is 2.34. The molecular weight excluding hydrogens is 130 g/mol. The molecule has 0 unspecified atom stereocenters.